The van der Waals surface area contributed by atoms with E-state index in [1.54, 1.807) is 0 Å². The molecule has 1 aromatic heterocycles. The number of aromatic nitrogens is 1. The van der Waals surface area contributed by atoms with E-state index in [0.29, 0.717) is 6.04 Å². The van der Waals surface area contributed by atoms with E-state index in [9.17, 15) is 0 Å². The quantitative estimate of drug-likeness (QED) is 0.870. The molecule has 2 nitrogen and oxygen atoms in total. The fourth-order valence-electron chi connectivity index (χ4n) is 2.54. The number of hydrogen-bond acceptors (Lipinski definition) is 1. The molecule has 0 spiro atoms. The van der Waals surface area contributed by atoms with E-state index in [1.807, 2.05) is 12.1 Å². The van der Waals surface area contributed by atoms with E-state index < -0.39 is 0 Å². The maximum absolute atomic E-state index is 5.99. The van der Waals surface area contributed by atoms with Crippen molar-refractivity contribution in [2.24, 2.45) is 5.92 Å². The predicted octanol–water partition coefficient (Wildman–Crippen LogP) is 3.68. The standard InChI is InChI=1S/C15H19ClN2/c1-11(12-2-3-12)17-7-9-18-8-6-13-10-14(16)4-5-15(13)18/h4-6,8,10-12,17H,2-3,7,9H2,1H3. The van der Waals surface area contributed by atoms with Gasteiger partial charge in [-0.05, 0) is 49.9 Å². The van der Waals surface area contributed by atoms with Crippen LogP contribution in [0.4, 0.5) is 0 Å². The summed E-state index contributed by atoms with van der Waals surface area (Å²) in [6.45, 7) is 4.34. The molecule has 0 saturated heterocycles. The van der Waals surface area contributed by atoms with Crippen LogP contribution < -0.4 is 5.32 Å². The van der Waals surface area contributed by atoms with E-state index in [2.05, 4.69) is 35.1 Å². The summed E-state index contributed by atoms with van der Waals surface area (Å²) in [5, 5.41) is 5.64. The SMILES string of the molecule is CC(NCCn1ccc2cc(Cl)ccc21)C1CC1. The van der Waals surface area contributed by atoms with Crippen LogP contribution in [0.2, 0.25) is 5.02 Å². The van der Waals surface area contributed by atoms with Gasteiger partial charge in [-0.3, -0.25) is 0 Å². The topological polar surface area (TPSA) is 17.0 Å². The second-order valence-electron chi connectivity index (χ2n) is 5.29. The van der Waals surface area contributed by atoms with Crippen molar-refractivity contribution in [3.05, 3.63) is 35.5 Å². The largest absolute Gasteiger partial charge is 0.346 e. The molecule has 1 unspecified atom stereocenters. The minimum absolute atomic E-state index is 0.668. The van der Waals surface area contributed by atoms with E-state index in [1.165, 1.54) is 23.7 Å². The number of halogens is 1. The zero-order chi connectivity index (χ0) is 12.5. The number of benzene rings is 1. The molecule has 2 aromatic rings. The van der Waals surface area contributed by atoms with Gasteiger partial charge in [0.15, 0.2) is 0 Å². The van der Waals surface area contributed by atoms with Crippen molar-refractivity contribution in [2.75, 3.05) is 6.54 Å². The van der Waals surface area contributed by atoms with Gasteiger partial charge in [0.1, 0.15) is 0 Å². The third-order valence-corrected chi connectivity index (χ3v) is 4.12. The first kappa shape index (κ1) is 12.1. The van der Waals surface area contributed by atoms with Crippen LogP contribution in [0.1, 0.15) is 19.8 Å². The molecule has 3 rings (SSSR count). The monoisotopic (exact) mass is 262 g/mol. The summed E-state index contributed by atoms with van der Waals surface area (Å²) in [4.78, 5) is 0. The summed E-state index contributed by atoms with van der Waals surface area (Å²) >= 11 is 5.99. The van der Waals surface area contributed by atoms with Crippen LogP contribution in [0.15, 0.2) is 30.5 Å². The minimum Gasteiger partial charge on any atom is -0.346 e. The zero-order valence-electron chi connectivity index (χ0n) is 10.7. The lowest BCUT2D eigenvalue weighted by molar-refractivity contribution is 0.478. The Labute approximate surface area is 113 Å². The van der Waals surface area contributed by atoms with E-state index in [0.717, 1.165) is 24.0 Å². The molecule has 18 heavy (non-hydrogen) atoms. The van der Waals surface area contributed by atoms with Crippen LogP contribution in [0.25, 0.3) is 10.9 Å². The fraction of sp³-hybridized carbons (Fsp3) is 0.467. The Balaban J connectivity index is 1.63. The highest BCUT2D eigenvalue weighted by Gasteiger charge is 2.27. The lowest BCUT2D eigenvalue weighted by Gasteiger charge is -2.13. The van der Waals surface area contributed by atoms with Gasteiger partial charge < -0.3 is 9.88 Å². The minimum atomic E-state index is 0.668. The van der Waals surface area contributed by atoms with E-state index in [4.69, 9.17) is 11.6 Å². The molecule has 1 N–H and O–H groups in total. The number of hydrogen-bond donors (Lipinski definition) is 1. The molecule has 96 valence electrons. The molecular formula is C15H19ClN2. The fourth-order valence-corrected chi connectivity index (χ4v) is 2.72. The molecule has 0 aliphatic heterocycles. The highest BCUT2D eigenvalue weighted by Crippen LogP contribution is 2.32. The van der Waals surface area contributed by atoms with Gasteiger partial charge in [0, 0.05) is 41.3 Å². The summed E-state index contributed by atoms with van der Waals surface area (Å²) in [7, 11) is 0. The molecular weight excluding hydrogens is 244 g/mol. The zero-order valence-corrected chi connectivity index (χ0v) is 11.5. The van der Waals surface area contributed by atoms with Crippen LogP contribution in [0.5, 0.6) is 0 Å². The normalized spacial score (nSPS) is 17.2. The number of nitrogens with zero attached hydrogens (tertiary/aromatic N) is 1. The van der Waals surface area contributed by atoms with E-state index >= 15 is 0 Å². The van der Waals surface area contributed by atoms with Gasteiger partial charge >= 0.3 is 0 Å². The van der Waals surface area contributed by atoms with Gasteiger partial charge in [0.05, 0.1) is 0 Å². The second-order valence-corrected chi connectivity index (χ2v) is 5.73. The van der Waals surface area contributed by atoms with Crippen molar-refractivity contribution < 1.29 is 0 Å². The number of fused-ring (bicyclic) bond motifs is 1. The van der Waals surface area contributed by atoms with Crippen LogP contribution in [-0.2, 0) is 6.54 Å². The molecule has 3 heteroatoms. The van der Waals surface area contributed by atoms with Gasteiger partial charge in [-0.25, -0.2) is 0 Å². The van der Waals surface area contributed by atoms with Gasteiger partial charge in [-0.15, -0.1) is 0 Å². The van der Waals surface area contributed by atoms with Gasteiger partial charge in [-0.1, -0.05) is 11.6 Å². The summed E-state index contributed by atoms with van der Waals surface area (Å²) < 4.78 is 2.29. The molecule has 1 saturated carbocycles. The van der Waals surface area contributed by atoms with Gasteiger partial charge in [0.25, 0.3) is 0 Å². The van der Waals surface area contributed by atoms with E-state index in [-0.39, 0.29) is 0 Å². The molecule has 1 fully saturated rings. The maximum atomic E-state index is 5.99. The van der Waals surface area contributed by atoms with Crippen molar-refractivity contribution in [3.63, 3.8) is 0 Å². The van der Waals surface area contributed by atoms with Crippen molar-refractivity contribution >= 4 is 22.5 Å². The van der Waals surface area contributed by atoms with Crippen molar-refractivity contribution in [1.29, 1.82) is 0 Å². The number of nitrogens with one attached hydrogen (secondary N) is 1. The Kier molecular flexibility index (Phi) is 3.31. The number of rotatable bonds is 5. The average Bonchev–Trinajstić information content (AvgIpc) is 3.13. The lowest BCUT2D eigenvalue weighted by atomic mass is 10.2. The molecule has 0 radical (unpaired) electrons. The maximum Gasteiger partial charge on any atom is 0.0481 e. The molecule has 0 bridgehead atoms. The summed E-state index contributed by atoms with van der Waals surface area (Å²) in [5.41, 5.74) is 1.26. The van der Waals surface area contributed by atoms with Crippen molar-refractivity contribution in [3.8, 4) is 0 Å². The highest BCUT2D eigenvalue weighted by molar-refractivity contribution is 6.31. The van der Waals surface area contributed by atoms with Crippen LogP contribution in [-0.4, -0.2) is 17.2 Å². The average molecular weight is 263 g/mol. The van der Waals surface area contributed by atoms with Crippen LogP contribution in [0.3, 0.4) is 0 Å². The summed E-state index contributed by atoms with van der Waals surface area (Å²) in [6.07, 6.45) is 4.95. The Hall–Kier alpha value is -0.990. The smallest absolute Gasteiger partial charge is 0.0481 e. The van der Waals surface area contributed by atoms with Crippen LogP contribution in [0, 0.1) is 5.92 Å². The highest BCUT2D eigenvalue weighted by atomic mass is 35.5. The predicted molar refractivity (Wildman–Crippen MR) is 77.1 cm³/mol. The van der Waals surface area contributed by atoms with Crippen molar-refractivity contribution in [1.82, 2.24) is 9.88 Å². The third-order valence-electron chi connectivity index (χ3n) is 3.88. The molecule has 1 aromatic carbocycles. The van der Waals surface area contributed by atoms with Gasteiger partial charge in [-0.2, -0.15) is 0 Å². The Morgan fingerprint density at radius 1 is 1.39 bits per heavy atom. The Bertz CT molecular complexity index is 542. The van der Waals surface area contributed by atoms with Crippen molar-refractivity contribution in [2.45, 2.75) is 32.4 Å². The third kappa shape index (κ3) is 2.55. The molecule has 1 heterocycles. The molecule has 0 amide bonds. The second kappa shape index (κ2) is 4.94. The lowest BCUT2D eigenvalue weighted by Crippen LogP contribution is -2.30. The first-order chi connectivity index (χ1) is 8.74. The van der Waals surface area contributed by atoms with Crippen LogP contribution >= 0.6 is 11.6 Å². The Morgan fingerprint density at radius 2 is 2.22 bits per heavy atom. The summed E-state index contributed by atoms with van der Waals surface area (Å²) in [5.74, 6) is 0.921. The first-order valence-electron chi connectivity index (χ1n) is 6.72. The molecule has 1 aliphatic rings. The molecule has 1 aliphatic carbocycles. The molecule has 1 atom stereocenters. The van der Waals surface area contributed by atoms with Gasteiger partial charge in [0.2, 0.25) is 0 Å². The Morgan fingerprint density at radius 3 is 3.00 bits per heavy atom. The summed E-state index contributed by atoms with van der Waals surface area (Å²) in [6, 6.07) is 8.88. The first-order valence-corrected chi connectivity index (χ1v) is 7.09.